The lowest BCUT2D eigenvalue weighted by atomic mass is 9.92. The van der Waals surface area contributed by atoms with Gasteiger partial charge >= 0.3 is 0 Å². The lowest BCUT2D eigenvalue weighted by Gasteiger charge is -2.32. The SMILES string of the molecule is N#Cc1cccc(CN[C@H](Cc2ccccc2)[C@H](O)[C@@H](CCc2ccccc2)NCc2cccc(OCc3ccccc3)c2)c1. The first-order valence-electron chi connectivity index (χ1n) is 15.6. The summed E-state index contributed by atoms with van der Waals surface area (Å²) in [5.74, 6) is 0.822. The van der Waals surface area contributed by atoms with E-state index in [4.69, 9.17) is 4.74 Å². The molecule has 0 aromatic heterocycles. The second-order valence-electron chi connectivity index (χ2n) is 11.4. The number of nitrogens with one attached hydrogen (secondary N) is 2. The molecule has 5 nitrogen and oxygen atoms in total. The molecule has 0 aliphatic carbocycles. The molecule has 0 aliphatic heterocycles. The molecule has 0 fully saturated rings. The van der Waals surface area contributed by atoms with Gasteiger partial charge in [-0.15, -0.1) is 0 Å². The van der Waals surface area contributed by atoms with E-state index in [9.17, 15) is 10.4 Å². The molecule has 0 amide bonds. The van der Waals surface area contributed by atoms with Crippen LogP contribution in [0.5, 0.6) is 5.75 Å². The van der Waals surface area contributed by atoms with Crippen molar-refractivity contribution in [3.05, 3.63) is 173 Å². The number of aryl methyl sites for hydroxylation is 1. The molecule has 0 saturated heterocycles. The molecule has 0 aliphatic rings. The minimum atomic E-state index is -0.675. The second kappa shape index (κ2) is 16.9. The zero-order chi connectivity index (χ0) is 31.1. The third kappa shape index (κ3) is 10.2. The van der Waals surface area contributed by atoms with E-state index in [1.807, 2.05) is 78.9 Å². The van der Waals surface area contributed by atoms with E-state index < -0.39 is 6.10 Å². The Balaban J connectivity index is 1.31. The van der Waals surface area contributed by atoms with Crippen molar-refractivity contribution in [3.8, 4) is 11.8 Å². The average Bonchev–Trinajstić information content (AvgIpc) is 3.10. The van der Waals surface area contributed by atoms with Crippen molar-refractivity contribution in [2.24, 2.45) is 0 Å². The topological polar surface area (TPSA) is 77.3 Å². The summed E-state index contributed by atoms with van der Waals surface area (Å²) < 4.78 is 6.08. The fourth-order valence-electron chi connectivity index (χ4n) is 5.56. The van der Waals surface area contributed by atoms with E-state index in [2.05, 4.69) is 77.4 Å². The fraction of sp³-hybridized carbons (Fsp3) is 0.225. The van der Waals surface area contributed by atoms with E-state index in [-0.39, 0.29) is 12.1 Å². The standard InChI is InChI=1S/C40H41N3O2/c41-27-34-18-10-19-35(24-34)28-43-39(26-32-14-6-2-7-15-32)40(44)38(23-22-31-12-4-1-5-13-31)42-29-36-20-11-21-37(25-36)45-30-33-16-8-3-9-17-33/h1-21,24-25,38-40,42-44H,22-23,26,28-30H2/t38-,39-,40-/m1/s1. The molecule has 3 atom stereocenters. The van der Waals surface area contributed by atoms with Crippen molar-refractivity contribution in [1.29, 1.82) is 5.26 Å². The Labute approximate surface area is 267 Å². The maximum atomic E-state index is 12.0. The van der Waals surface area contributed by atoms with Crippen molar-refractivity contribution >= 4 is 0 Å². The first kappa shape index (κ1) is 31.7. The number of benzene rings is 5. The van der Waals surface area contributed by atoms with Crippen LogP contribution in [0.3, 0.4) is 0 Å². The maximum Gasteiger partial charge on any atom is 0.120 e. The van der Waals surface area contributed by atoms with Crippen LogP contribution in [0.25, 0.3) is 0 Å². The Bertz CT molecular complexity index is 1620. The van der Waals surface area contributed by atoms with Gasteiger partial charge in [0.05, 0.1) is 17.7 Å². The van der Waals surface area contributed by atoms with Gasteiger partial charge in [-0.3, -0.25) is 0 Å². The van der Waals surface area contributed by atoms with Crippen LogP contribution in [0, 0.1) is 11.3 Å². The highest BCUT2D eigenvalue weighted by atomic mass is 16.5. The number of aliphatic hydroxyl groups excluding tert-OH is 1. The molecule has 5 heteroatoms. The quantitative estimate of drug-likeness (QED) is 0.115. The summed E-state index contributed by atoms with van der Waals surface area (Å²) in [5, 5.41) is 28.7. The Hall–Kier alpha value is -4.73. The van der Waals surface area contributed by atoms with Crippen LogP contribution in [-0.2, 0) is 32.5 Å². The average molecular weight is 596 g/mol. The molecule has 0 radical (unpaired) electrons. The summed E-state index contributed by atoms with van der Waals surface area (Å²) in [6.07, 6.45) is 1.61. The van der Waals surface area contributed by atoms with E-state index >= 15 is 0 Å². The van der Waals surface area contributed by atoms with Crippen LogP contribution in [0.2, 0.25) is 0 Å². The monoisotopic (exact) mass is 595 g/mol. The molecular formula is C40H41N3O2. The van der Waals surface area contributed by atoms with Gasteiger partial charge < -0.3 is 20.5 Å². The van der Waals surface area contributed by atoms with Gasteiger partial charge in [0.1, 0.15) is 12.4 Å². The van der Waals surface area contributed by atoms with Crippen LogP contribution in [0.1, 0.15) is 39.8 Å². The van der Waals surface area contributed by atoms with Gasteiger partial charge in [0.2, 0.25) is 0 Å². The Kier molecular flexibility index (Phi) is 11.9. The molecule has 0 unspecified atom stereocenters. The van der Waals surface area contributed by atoms with E-state index in [0.717, 1.165) is 40.8 Å². The predicted octanol–water partition coefficient (Wildman–Crippen LogP) is 6.99. The molecule has 5 rings (SSSR count). The number of hydrogen-bond acceptors (Lipinski definition) is 5. The zero-order valence-corrected chi connectivity index (χ0v) is 25.6. The van der Waals surface area contributed by atoms with Gasteiger partial charge in [-0.1, -0.05) is 115 Å². The second-order valence-corrected chi connectivity index (χ2v) is 11.4. The third-order valence-corrected chi connectivity index (χ3v) is 8.05. The van der Waals surface area contributed by atoms with Crippen LogP contribution < -0.4 is 15.4 Å². The lowest BCUT2D eigenvalue weighted by molar-refractivity contribution is 0.0810. The van der Waals surface area contributed by atoms with Crippen LogP contribution in [-0.4, -0.2) is 23.3 Å². The predicted molar refractivity (Wildman–Crippen MR) is 181 cm³/mol. The molecule has 0 spiro atoms. The summed E-state index contributed by atoms with van der Waals surface area (Å²) in [5.41, 5.74) is 6.27. The van der Waals surface area contributed by atoms with Crippen LogP contribution in [0.15, 0.2) is 140 Å². The molecule has 0 heterocycles. The largest absolute Gasteiger partial charge is 0.489 e. The van der Waals surface area contributed by atoms with Crippen molar-refractivity contribution in [2.45, 2.75) is 57.1 Å². The van der Waals surface area contributed by atoms with Gasteiger partial charge in [-0.25, -0.2) is 0 Å². The van der Waals surface area contributed by atoms with Gasteiger partial charge in [-0.05, 0) is 71.3 Å². The lowest BCUT2D eigenvalue weighted by Crippen LogP contribution is -2.52. The van der Waals surface area contributed by atoms with Crippen LogP contribution >= 0.6 is 0 Å². The minimum Gasteiger partial charge on any atom is -0.489 e. The van der Waals surface area contributed by atoms with Gasteiger partial charge in [0, 0.05) is 25.2 Å². The highest BCUT2D eigenvalue weighted by Gasteiger charge is 2.28. The molecule has 45 heavy (non-hydrogen) atoms. The van der Waals surface area contributed by atoms with Crippen molar-refractivity contribution < 1.29 is 9.84 Å². The van der Waals surface area contributed by atoms with Gasteiger partial charge in [0.25, 0.3) is 0 Å². The smallest absolute Gasteiger partial charge is 0.120 e. The molecule has 3 N–H and O–H groups in total. The molecule has 0 bridgehead atoms. The summed E-state index contributed by atoms with van der Waals surface area (Å²) in [6.45, 7) is 1.66. The summed E-state index contributed by atoms with van der Waals surface area (Å²) in [7, 11) is 0. The highest BCUT2D eigenvalue weighted by Crippen LogP contribution is 2.18. The minimum absolute atomic E-state index is 0.175. The Morgan fingerprint density at radius 1 is 0.600 bits per heavy atom. The van der Waals surface area contributed by atoms with E-state index in [1.165, 1.54) is 5.56 Å². The zero-order valence-electron chi connectivity index (χ0n) is 25.6. The molecule has 5 aromatic carbocycles. The fourth-order valence-corrected chi connectivity index (χ4v) is 5.56. The molecule has 228 valence electrons. The van der Waals surface area contributed by atoms with Gasteiger partial charge in [0.15, 0.2) is 0 Å². The number of nitriles is 1. The van der Waals surface area contributed by atoms with Crippen LogP contribution in [0.4, 0.5) is 0 Å². The van der Waals surface area contributed by atoms with E-state index in [1.54, 1.807) is 0 Å². The van der Waals surface area contributed by atoms with Crippen molar-refractivity contribution in [2.75, 3.05) is 0 Å². The van der Waals surface area contributed by atoms with E-state index in [0.29, 0.717) is 31.7 Å². The number of nitrogens with zero attached hydrogens (tertiary/aromatic N) is 1. The molecule has 0 saturated carbocycles. The number of ether oxygens (including phenoxy) is 1. The van der Waals surface area contributed by atoms with Gasteiger partial charge in [-0.2, -0.15) is 5.26 Å². The number of hydrogen-bond donors (Lipinski definition) is 3. The summed E-state index contributed by atoms with van der Waals surface area (Å²) in [4.78, 5) is 0. The molecular weight excluding hydrogens is 554 g/mol. The van der Waals surface area contributed by atoms with Crippen molar-refractivity contribution in [3.63, 3.8) is 0 Å². The molecule has 5 aromatic rings. The van der Waals surface area contributed by atoms with Crippen molar-refractivity contribution in [1.82, 2.24) is 10.6 Å². The summed E-state index contributed by atoms with van der Waals surface area (Å²) in [6, 6.07) is 48.5. The third-order valence-electron chi connectivity index (χ3n) is 8.05. The number of aliphatic hydroxyl groups is 1. The maximum absolute atomic E-state index is 12.0. The number of rotatable bonds is 16. The highest BCUT2D eigenvalue weighted by molar-refractivity contribution is 5.33. The first-order chi connectivity index (χ1) is 22.2. The first-order valence-corrected chi connectivity index (χ1v) is 15.6. The Morgan fingerprint density at radius 2 is 1.16 bits per heavy atom. The summed E-state index contributed by atoms with van der Waals surface area (Å²) >= 11 is 0. The normalized spacial score (nSPS) is 13.0. The Morgan fingerprint density at radius 3 is 1.82 bits per heavy atom.